The smallest absolute Gasteiger partial charge is 0.250 e. The van der Waals surface area contributed by atoms with Crippen LogP contribution in [0, 0.1) is 13.8 Å². The summed E-state index contributed by atoms with van der Waals surface area (Å²) in [4.78, 5) is 12.1. The van der Waals surface area contributed by atoms with E-state index in [-0.39, 0.29) is 11.7 Å². The average molecular weight is 515 g/mol. The highest BCUT2D eigenvalue weighted by Gasteiger charge is 2.14. The molecule has 1 heterocycles. The van der Waals surface area contributed by atoms with Crippen molar-refractivity contribution < 1.29 is 4.79 Å². The molecule has 9 heteroatoms. The Morgan fingerprint density at radius 1 is 1.06 bits per heavy atom. The van der Waals surface area contributed by atoms with E-state index in [0.717, 1.165) is 28.2 Å². The van der Waals surface area contributed by atoms with Crippen LogP contribution in [0.5, 0.6) is 0 Å². The molecule has 0 fully saturated rings. The second-order valence-electron chi connectivity index (χ2n) is 6.72. The van der Waals surface area contributed by atoms with Crippen molar-refractivity contribution in [3.63, 3.8) is 0 Å². The molecular weight excluding hydrogens is 496 g/mol. The van der Waals surface area contributed by atoms with Crippen LogP contribution in [0.4, 0.5) is 0 Å². The van der Waals surface area contributed by atoms with E-state index in [0.29, 0.717) is 25.8 Å². The fourth-order valence-electron chi connectivity index (χ4n) is 3.08. The van der Waals surface area contributed by atoms with Crippen molar-refractivity contribution >= 4 is 70.3 Å². The number of benzene rings is 2. The van der Waals surface area contributed by atoms with Gasteiger partial charge in [0.25, 0.3) is 0 Å². The van der Waals surface area contributed by atoms with Gasteiger partial charge in [0, 0.05) is 32.7 Å². The van der Waals surface area contributed by atoms with Crippen molar-refractivity contribution in [2.75, 3.05) is 5.75 Å². The predicted molar refractivity (Wildman–Crippen MR) is 134 cm³/mol. The third-order valence-electron chi connectivity index (χ3n) is 4.58. The van der Waals surface area contributed by atoms with Gasteiger partial charge in [-0.25, -0.2) is 5.43 Å². The Bertz CT molecular complexity index is 1120. The van der Waals surface area contributed by atoms with Crippen molar-refractivity contribution in [1.29, 1.82) is 0 Å². The Morgan fingerprint density at radius 3 is 2.42 bits per heavy atom. The zero-order chi connectivity index (χ0) is 22.5. The molecule has 0 atom stereocenters. The molecule has 0 unspecified atom stereocenters. The van der Waals surface area contributed by atoms with E-state index in [1.54, 1.807) is 30.5 Å². The molecule has 0 saturated heterocycles. The Hall–Kier alpha value is -1.63. The Morgan fingerprint density at radius 2 is 1.71 bits per heavy atom. The highest BCUT2D eigenvalue weighted by molar-refractivity contribution is 7.99. The van der Waals surface area contributed by atoms with E-state index in [1.165, 1.54) is 11.8 Å². The van der Waals surface area contributed by atoms with Gasteiger partial charge in [0.15, 0.2) is 0 Å². The highest BCUT2D eigenvalue weighted by Crippen LogP contribution is 2.31. The lowest BCUT2D eigenvalue weighted by Crippen LogP contribution is -2.19. The first kappa shape index (κ1) is 24.0. The molecule has 31 heavy (non-hydrogen) atoms. The van der Waals surface area contributed by atoms with Crippen molar-refractivity contribution in [3.8, 4) is 5.69 Å². The molecular formula is C22H19Cl4N3OS. The number of hydrogen-bond acceptors (Lipinski definition) is 3. The molecule has 1 aromatic heterocycles. The van der Waals surface area contributed by atoms with Gasteiger partial charge in [-0.2, -0.15) is 5.10 Å². The molecule has 0 radical (unpaired) electrons. The predicted octanol–water partition coefficient (Wildman–Crippen LogP) is 7.09. The molecule has 0 aliphatic heterocycles. The van der Waals surface area contributed by atoms with Crippen LogP contribution in [0.3, 0.4) is 0 Å². The number of halogens is 4. The van der Waals surface area contributed by atoms with E-state index in [1.807, 2.05) is 36.6 Å². The van der Waals surface area contributed by atoms with Gasteiger partial charge >= 0.3 is 0 Å². The number of carbonyl (C=O) groups excluding carboxylic acids is 1. The van der Waals surface area contributed by atoms with E-state index >= 15 is 0 Å². The lowest BCUT2D eigenvalue weighted by molar-refractivity contribution is -0.118. The van der Waals surface area contributed by atoms with Crippen molar-refractivity contribution in [3.05, 3.63) is 85.1 Å². The molecule has 0 saturated carbocycles. The number of nitrogens with one attached hydrogen (secondary N) is 1. The zero-order valence-electron chi connectivity index (χ0n) is 16.8. The monoisotopic (exact) mass is 513 g/mol. The van der Waals surface area contributed by atoms with E-state index in [4.69, 9.17) is 46.4 Å². The molecule has 0 bridgehead atoms. The van der Waals surface area contributed by atoms with Crippen molar-refractivity contribution in [2.24, 2.45) is 5.10 Å². The number of carbonyl (C=O) groups is 1. The topological polar surface area (TPSA) is 46.4 Å². The summed E-state index contributed by atoms with van der Waals surface area (Å²) in [6.45, 7) is 3.92. The van der Waals surface area contributed by atoms with E-state index in [9.17, 15) is 4.79 Å². The number of hydrogen-bond donors (Lipinski definition) is 1. The van der Waals surface area contributed by atoms with Crippen LogP contribution in [0.15, 0.2) is 47.6 Å². The molecule has 1 N–H and O–H groups in total. The van der Waals surface area contributed by atoms with Gasteiger partial charge in [-0.1, -0.05) is 58.5 Å². The number of nitrogens with zero attached hydrogens (tertiary/aromatic N) is 2. The minimum atomic E-state index is -0.212. The number of aromatic nitrogens is 1. The molecule has 0 aliphatic rings. The van der Waals surface area contributed by atoms with Gasteiger partial charge in [-0.05, 0) is 49.7 Å². The summed E-state index contributed by atoms with van der Waals surface area (Å²) in [5.74, 6) is 0.559. The van der Waals surface area contributed by atoms with Crippen LogP contribution in [0.1, 0.15) is 22.5 Å². The second kappa shape index (κ2) is 10.8. The number of hydrazone groups is 1. The maximum Gasteiger partial charge on any atom is 0.250 e. The fourth-order valence-corrected chi connectivity index (χ4v) is 5.01. The molecule has 3 rings (SSSR count). The summed E-state index contributed by atoms with van der Waals surface area (Å²) in [5, 5.41) is 6.25. The Labute approximate surface area is 205 Å². The fraction of sp³-hybridized carbons (Fsp3) is 0.182. The summed E-state index contributed by atoms with van der Waals surface area (Å²) in [6.07, 6.45) is 1.62. The quantitative estimate of drug-likeness (QED) is 0.270. The first-order valence-electron chi connectivity index (χ1n) is 9.25. The number of rotatable bonds is 7. The number of aryl methyl sites for hydroxylation is 1. The van der Waals surface area contributed by atoms with E-state index < -0.39 is 0 Å². The van der Waals surface area contributed by atoms with E-state index in [2.05, 4.69) is 10.5 Å². The summed E-state index contributed by atoms with van der Waals surface area (Å²) in [7, 11) is 0. The van der Waals surface area contributed by atoms with Crippen LogP contribution in [0.25, 0.3) is 5.69 Å². The van der Waals surface area contributed by atoms with Gasteiger partial charge < -0.3 is 4.57 Å². The minimum Gasteiger partial charge on any atom is -0.316 e. The number of amides is 1. The lowest BCUT2D eigenvalue weighted by atomic mass is 10.2. The maximum atomic E-state index is 12.1. The number of thioether (sulfide) groups is 1. The molecule has 0 aliphatic carbocycles. The van der Waals surface area contributed by atoms with Crippen LogP contribution in [0.2, 0.25) is 20.1 Å². The summed E-state index contributed by atoms with van der Waals surface area (Å²) < 4.78 is 2.00. The van der Waals surface area contributed by atoms with Crippen LogP contribution in [-0.4, -0.2) is 22.4 Å². The lowest BCUT2D eigenvalue weighted by Gasteiger charge is -2.12. The summed E-state index contributed by atoms with van der Waals surface area (Å²) in [6, 6.07) is 12.8. The molecule has 1 amide bonds. The summed E-state index contributed by atoms with van der Waals surface area (Å²) >= 11 is 26.2. The second-order valence-corrected chi connectivity index (χ2v) is 9.31. The average Bonchev–Trinajstić information content (AvgIpc) is 3.00. The standard InChI is InChI=1S/C22H19Cl4N3OS/c1-13-9-15(14(2)29(13)20-8-4-7-19(25)22(20)26)10-27-28-21(30)12-31-11-16-17(23)5-3-6-18(16)24/h3-10H,11-12H2,1-2H3,(H,28,30)/b27-10-. The third kappa shape index (κ3) is 5.79. The van der Waals surface area contributed by atoms with Gasteiger partial charge in [-0.15, -0.1) is 11.8 Å². The van der Waals surface area contributed by atoms with Gasteiger partial charge in [0.2, 0.25) is 5.91 Å². The molecule has 2 aromatic carbocycles. The van der Waals surface area contributed by atoms with Gasteiger partial charge in [0.05, 0.1) is 27.7 Å². The van der Waals surface area contributed by atoms with Gasteiger partial charge in [-0.3, -0.25) is 4.79 Å². The highest BCUT2D eigenvalue weighted by atomic mass is 35.5. The maximum absolute atomic E-state index is 12.1. The Kier molecular flexibility index (Phi) is 8.36. The van der Waals surface area contributed by atoms with Crippen LogP contribution >= 0.6 is 58.2 Å². The first-order chi connectivity index (χ1) is 14.8. The Balaban J connectivity index is 1.61. The van der Waals surface area contributed by atoms with Crippen molar-refractivity contribution in [1.82, 2.24) is 9.99 Å². The largest absolute Gasteiger partial charge is 0.316 e. The molecule has 162 valence electrons. The zero-order valence-corrected chi connectivity index (χ0v) is 20.6. The third-order valence-corrected chi connectivity index (χ3v) is 7.05. The SMILES string of the molecule is Cc1cc(/C=N\NC(=O)CSCc2c(Cl)cccc2Cl)c(C)n1-c1cccc(Cl)c1Cl. The summed E-state index contributed by atoms with van der Waals surface area (Å²) in [5.41, 5.74) is 6.93. The minimum absolute atomic E-state index is 0.212. The molecule has 3 aromatic rings. The van der Waals surface area contributed by atoms with Gasteiger partial charge in [0.1, 0.15) is 0 Å². The van der Waals surface area contributed by atoms with Crippen molar-refractivity contribution in [2.45, 2.75) is 19.6 Å². The normalized spacial score (nSPS) is 11.3. The first-order valence-corrected chi connectivity index (χ1v) is 11.9. The van der Waals surface area contributed by atoms with Crippen LogP contribution < -0.4 is 5.43 Å². The van der Waals surface area contributed by atoms with Crippen LogP contribution in [-0.2, 0) is 10.5 Å². The molecule has 0 spiro atoms. The molecule has 4 nitrogen and oxygen atoms in total.